The van der Waals surface area contributed by atoms with Crippen molar-refractivity contribution in [1.29, 1.82) is 0 Å². The Balaban J connectivity index is 1.93. The Kier molecular flexibility index (Phi) is 3.51. The van der Waals surface area contributed by atoms with Crippen LogP contribution in [0.5, 0.6) is 0 Å². The van der Waals surface area contributed by atoms with Gasteiger partial charge in [0, 0.05) is 10.2 Å². The first kappa shape index (κ1) is 13.8. The maximum atomic E-state index is 12.2. The second-order valence-corrected chi connectivity index (χ2v) is 5.85. The highest BCUT2D eigenvalue weighted by molar-refractivity contribution is 9.10. The lowest BCUT2D eigenvalue weighted by Gasteiger charge is -2.18. The van der Waals surface area contributed by atoms with Gasteiger partial charge in [-0.1, -0.05) is 34.1 Å². The number of anilines is 1. The molecule has 0 radical (unpaired) electrons. The van der Waals surface area contributed by atoms with Crippen LogP contribution in [0, 0.1) is 0 Å². The van der Waals surface area contributed by atoms with Crippen molar-refractivity contribution in [2.45, 2.75) is 13.0 Å². The van der Waals surface area contributed by atoms with Gasteiger partial charge in [0.05, 0.1) is 18.5 Å². The molecular formula is C16H12BrNO3. The van der Waals surface area contributed by atoms with E-state index in [2.05, 4.69) is 15.9 Å². The van der Waals surface area contributed by atoms with Gasteiger partial charge in [0.2, 0.25) is 5.91 Å². The van der Waals surface area contributed by atoms with Crippen molar-refractivity contribution in [1.82, 2.24) is 0 Å². The monoisotopic (exact) mass is 345 g/mol. The zero-order chi connectivity index (χ0) is 15.0. The fourth-order valence-corrected chi connectivity index (χ4v) is 2.70. The van der Waals surface area contributed by atoms with Crippen LogP contribution >= 0.6 is 15.9 Å². The summed E-state index contributed by atoms with van der Waals surface area (Å²) >= 11 is 3.38. The van der Waals surface area contributed by atoms with Crippen molar-refractivity contribution < 1.29 is 14.7 Å². The first-order chi connectivity index (χ1) is 10.0. The summed E-state index contributed by atoms with van der Waals surface area (Å²) in [7, 11) is 0. The van der Waals surface area contributed by atoms with Gasteiger partial charge in [0.1, 0.15) is 0 Å². The van der Waals surface area contributed by atoms with Crippen LogP contribution in [-0.4, -0.2) is 17.0 Å². The third kappa shape index (κ3) is 2.69. The minimum absolute atomic E-state index is 0.00421. The molecular weight excluding hydrogens is 334 g/mol. The topological polar surface area (TPSA) is 57.6 Å². The third-order valence-corrected chi connectivity index (χ3v) is 4.05. The van der Waals surface area contributed by atoms with E-state index in [1.54, 1.807) is 17.0 Å². The molecule has 5 heteroatoms. The summed E-state index contributed by atoms with van der Waals surface area (Å²) in [4.78, 5) is 24.9. The van der Waals surface area contributed by atoms with Gasteiger partial charge in [-0.25, -0.2) is 4.79 Å². The maximum absolute atomic E-state index is 12.2. The molecule has 0 atom stereocenters. The zero-order valence-electron chi connectivity index (χ0n) is 11.0. The molecule has 0 unspecified atom stereocenters. The zero-order valence-corrected chi connectivity index (χ0v) is 12.6. The molecule has 1 aliphatic rings. The van der Waals surface area contributed by atoms with E-state index in [1.807, 2.05) is 24.3 Å². The van der Waals surface area contributed by atoms with E-state index >= 15 is 0 Å². The molecule has 0 saturated heterocycles. The van der Waals surface area contributed by atoms with E-state index in [9.17, 15) is 9.59 Å². The molecule has 2 aromatic rings. The minimum atomic E-state index is -0.985. The molecule has 1 aliphatic heterocycles. The number of aromatic carboxylic acids is 1. The summed E-state index contributed by atoms with van der Waals surface area (Å²) < 4.78 is 0.979. The number of hydrogen-bond donors (Lipinski definition) is 1. The lowest BCUT2D eigenvalue weighted by Crippen LogP contribution is -2.26. The fraction of sp³-hybridized carbons (Fsp3) is 0.125. The van der Waals surface area contributed by atoms with Crippen LogP contribution in [0.25, 0.3) is 0 Å². The Labute approximate surface area is 130 Å². The second kappa shape index (κ2) is 5.33. The highest BCUT2D eigenvalue weighted by Gasteiger charge is 2.28. The molecule has 1 N–H and O–H groups in total. The van der Waals surface area contributed by atoms with Crippen molar-refractivity contribution >= 4 is 33.5 Å². The van der Waals surface area contributed by atoms with Gasteiger partial charge in [-0.2, -0.15) is 0 Å². The first-order valence-electron chi connectivity index (χ1n) is 6.45. The van der Waals surface area contributed by atoms with Gasteiger partial charge in [0.15, 0.2) is 0 Å². The maximum Gasteiger partial charge on any atom is 0.335 e. The molecule has 3 rings (SSSR count). The lowest BCUT2D eigenvalue weighted by molar-refractivity contribution is -0.117. The van der Waals surface area contributed by atoms with Crippen LogP contribution in [0.1, 0.15) is 21.5 Å². The van der Waals surface area contributed by atoms with Crippen LogP contribution in [0.3, 0.4) is 0 Å². The molecule has 1 heterocycles. The highest BCUT2D eigenvalue weighted by atomic mass is 79.9. The Morgan fingerprint density at radius 1 is 1.19 bits per heavy atom. The first-order valence-corrected chi connectivity index (χ1v) is 7.25. The van der Waals surface area contributed by atoms with Gasteiger partial charge in [-0.3, -0.25) is 4.79 Å². The normalized spacial score (nSPS) is 13.4. The second-order valence-electron chi connectivity index (χ2n) is 4.93. The number of benzene rings is 2. The number of carbonyl (C=O) groups excluding carboxylic acids is 1. The Bertz CT molecular complexity index is 725. The van der Waals surface area contributed by atoms with Gasteiger partial charge < -0.3 is 10.0 Å². The van der Waals surface area contributed by atoms with Crippen LogP contribution in [0.4, 0.5) is 5.69 Å². The average Bonchev–Trinajstić information content (AvgIpc) is 2.77. The molecule has 21 heavy (non-hydrogen) atoms. The molecule has 0 aliphatic carbocycles. The summed E-state index contributed by atoms with van der Waals surface area (Å²) in [5.74, 6) is -0.990. The van der Waals surface area contributed by atoms with Crippen molar-refractivity contribution in [3.05, 3.63) is 63.6 Å². The molecule has 106 valence electrons. The molecule has 2 aromatic carbocycles. The summed E-state index contributed by atoms with van der Waals surface area (Å²) in [6.45, 7) is 0.447. The number of nitrogens with zero attached hydrogens (tertiary/aromatic N) is 1. The van der Waals surface area contributed by atoms with E-state index in [0.717, 1.165) is 15.6 Å². The molecule has 0 fully saturated rings. The van der Waals surface area contributed by atoms with Gasteiger partial charge in [-0.05, 0) is 35.4 Å². The van der Waals surface area contributed by atoms with Crippen LogP contribution in [0.2, 0.25) is 0 Å². The van der Waals surface area contributed by atoms with Gasteiger partial charge >= 0.3 is 5.97 Å². The Morgan fingerprint density at radius 3 is 2.57 bits per heavy atom. The van der Waals surface area contributed by atoms with Crippen LogP contribution in [0.15, 0.2) is 46.9 Å². The number of carbonyl (C=O) groups is 2. The highest BCUT2D eigenvalue weighted by Crippen LogP contribution is 2.31. The summed E-state index contributed by atoms with van der Waals surface area (Å²) in [5.41, 5.74) is 2.77. The van der Waals surface area contributed by atoms with Crippen molar-refractivity contribution in [3.63, 3.8) is 0 Å². The van der Waals surface area contributed by atoms with Crippen molar-refractivity contribution in [2.24, 2.45) is 0 Å². The quantitative estimate of drug-likeness (QED) is 0.928. The van der Waals surface area contributed by atoms with Gasteiger partial charge in [0.25, 0.3) is 0 Å². The summed E-state index contributed by atoms with van der Waals surface area (Å²) in [6.07, 6.45) is 0.325. The number of halogens is 1. The number of hydrogen-bond acceptors (Lipinski definition) is 2. The summed E-state index contributed by atoms with van der Waals surface area (Å²) in [5, 5.41) is 9.08. The number of amides is 1. The molecule has 0 bridgehead atoms. The molecule has 0 saturated carbocycles. The van der Waals surface area contributed by atoms with E-state index in [0.29, 0.717) is 18.7 Å². The lowest BCUT2D eigenvalue weighted by atomic mass is 10.1. The van der Waals surface area contributed by atoms with Gasteiger partial charge in [-0.15, -0.1) is 0 Å². The number of carboxylic acids is 1. The largest absolute Gasteiger partial charge is 0.478 e. The fourth-order valence-electron chi connectivity index (χ4n) is 2.44. The van der Waals surface area contributed by atoms with Crippen molar-refractivity contribution in [2.75, 3.05) is 4.90 Å². The SMILES string of the molecule is O=C(O)c1ccc2c(c1)N(Cc1ccc(Br)cc1)C(=O)C2. The predicted molar refractivity (Wildman–Crippen MR) is 82.4 cm³/mol. The van der Waals surface area contributed by atoms with E-state index in [-0.39, 0.29) is 11.5 Å². The standard InChI is InChI=1S/C16H12BrNO3/c17-13-5-1-10(2-6-13)9-18-14-7-12(16(20)21)4-3-11(14)8-15(18)19/h1-7H,8-9H2,(H,20,21). The minimum Gasteiger partial charge on any atom is -0.478 e. The Morgan fingerprint density at radius 2 is 1.90 bits per heavy atom. The van der Waals surface area contributed by atoms with E-state index in [1.165, 1.54) is 6.07 Å². The van der Waals surface area contributed by atoms with Crippen LogP contribution in [-0.2, 0) is 17.8 Å². The molecule has 4 nitrogen and oxygen atoms in total. The number of rotatable bonds is 3. The average molecular weight is 346 g/mol. The number of fused-ring (bicyclic) bond motifs is 1. The summed E-state index contributed by atoms with van der Waals surface area (Å²) in [6, 6.07) is 12.6. The van der Waals surface area contributed by atoms with E-state index < -0.39 is 5.97 Å². The smallest absolute Gasteiger partial charge is 0.335 e. The van der Waals surface area contributed by atoms with Crippen molar-refractivity contribution in [3.8, 4) is 0 Å². The van der Waals surface area contributed by atoms with E-state index in [4.69, 9.17) is 5.11 Å². The molecule has 0 spiro atoms. The number of carboxylic acid groups (broad SMARTS) is 1. The van der Waals surface area contributed by atoms with Crippen LogP contribution < -0.4 is 4.90 Å². The predicted octanol–water partition coefficient (Wildman–Crippen LogP) is 3.24. The molecule has 0 aromatic heterocycles. The third-order valence-electron chi connectivity index (χ3n) is 3.52. The molecule has 1 amide bonds. The Hall–Kier alpha value is -2.14.